The van der Waals surface area contributed by atoms with Crippen LogP contribution in [-0.4, -0.2) is 58.7 Å². The molecular formula is C86H72BBrIr2N16O2-8. The molecule has 0 saturated carbocycles. The molecule has 22 heteroatoms. The van der Waals surface area contributed by atoms with Crippen LogP contribution in [0.25, 0.3) is 11.1 Å². The number of rotatable bonds is 11. The minimum Gasteiger partial charge on any atom is -0.477 e. The van der Waals surface area contributed by atoms with Crippen LogP contribution in [0.4, 0.5) is 92.0 Å². The summed E-state index contributed by atoms with van der Waals surface area (Å²) in [6.45, 7) is 16.7. The van der Waals surface area contributed by atoms with E-state index in [1.165, 1.54) is 22.3 Å². The van der Waals surface area contributed by atoms with Crippen LogP contribution in [0.5, 0.6) is 0 Å². The number of hydrogen-bond donors (Lipinski definition) is 0. The maximum absolute atomic E-state index is 5.72. The Kier molecular flexibility index (Phi) is 27.7. The maximum atomic E-state index is 5.72. The Hall–Kier alpha value is -11.3. The van der Waals surface area contributed by atoms with Gasteiger partial charge in [0.1, 0.15) is 54.4 Å². The quantitative estimate of drug-likeness (QED) is 0.0876. The Morgan fingerprint density at radius 1 is 0.306 bits per heavy atom. The van der Waals surface area contributed by atoms with Crippen molar-refractivity contribution in [2.24, 2.45) is 0 Å². The Morgan fingerprint density at radius 3 is 0.917 bits per heavy atom. The van der Waals surface area contributed by atoms with Gasteiger partial charge in [0.15, 0.2) is 0 Å². The van der Waals surface area contributed by atoms with E-state index in [2.05, 4.69) is 172 Å². The molecule has 18 nitrogen and oxygen atoms in total. The summed E-state index contributed by atoms with van der Waals surface area (Å²) in [6, 6.07) is 98.0. The summed E-state index contributed by atoms with van der Waals surface area (Å²) in [5.41, 5.74) is 13.8. The van der Waals surface area contributed by atoms with Gasteiger partial charge in [-0.2, -0.15) is 97.1 Å². The zero-order valence-corrected chi connectivity index (χ0v) is 65.5. The molecule has 4 N–H and O–H groups in total. The molecular weight excluding hydrogens is 1760 g/mol. The molecule has 0 aliphatic carbocycles. The molecule has 4 aliphatic heterocycles. The molecule has 0 fully saturated rings. The number of fused-ring (bicyclic) bond motifs is 4. The first-order valence-electron chi connectivity index (χ1n) is 33.9. The first kappa shape index (κ1) is 79.3. The van der Waals surface area contributed by atoms with Crippen LogP contribution in [0.1, 0.15) is 50.7 Å². The monoisotopic (exact) mass is 1840 g/mol. The molecule has 10 aromatic carbocycles. The van der Waals surface area contributed by atoms with Crippen LogP contribution in [0.15, 0.2) is 309 Å². The van der Waals surface area contributed by atoms with E-state index in [0.717, 1.165) is 102 Å². The summed E-state index contributed by atoms with van der Waals surface area (Å²) in [5, 5.41) is 0. The van der Waals surface area contributed by atoms with E-state index in [1.54, 1.807) is 49.6 Å². The molecule has 14 aromatic rings. The molecule has 544 valence electrons. The first-order chi connectivity index (χ1) is 51.1. The Labute approximate surface area is 668 Å². The van der Waals surface area contributed by atoms with Crippen molar-refractivity contribution in [3.63, 3.8) is 0 Å². The molecule has 4 aliphatic rings. The van der Waals surface area contributed by atoms with E-state index >= 15 is 0 Å². The van der Waals surface area contributed by atoms with Gasteiger partial charge in [0.25, 0.3) is 0 Å². The minimum absolute atomic E-state index is 0. The number of aromatic nitrogens is 8. The summed E-state index contributed by atoms with van der Waals surface area (Å²) >= 11 is 3.50. The largest absolute Gasteiger partial charge is 0.477 e. The van der Waals surface area contributed by atoms with Crippen molar-refractivity contribution >= 4 is 121 Å². The number of benzene rings is 10. The number of nitrogens with zero attached hydrogens (tertiary/aromatic N) is 16. The third-order valence-electron chi connectivity index (χ3n) is 17.0. The fraction of sp³-hybridized carbons (Fsp3) is 0.0698. The fourth-order valence-electron chi connectivity index (χ4n) is 12.1. The number of anilines is 16. The summed E-state index contributed by atoms with van der Waals surface area (Å²) in [5.74, 6) is 7.45. The Bertz CT molecular complexity index is 4880. The van der Waals surface area contributed by atoms with Crippen molar-refractivity contribution in [1.29, 1.82) is 0 Å². The molecule has 4 radical (unpaired) electrons. The topological polar surface area (TPSA) is 192 Å². The molecule has 0 bridgehead atoms. The number of hydrogen-bond acceptors (Lipinski definition) is 16. The van der Waals surface area contributed by atoms with E-state index in [9.17, 15) is 0 Å². The SMILES string of the molecule is Brc1cc[c-]c(N2[CH-]N(c3ccccc3)c3nccnc32)c1.CC(C)c1ccccc1-c1cc[c-]c(N2[CH-]N(c3ccccc3)c3nccnc32)c1.O.O.[B]c1ccccc1C(C)C.[Ir].[Ir].[c-]1ccccc1N1[CH-]N(c2ccccc2)c2nccnc21.[c-]1ccccc1N1[CH-]N(c2ccccc2)c2nccnc21. The Balaban J connectivity index is 0.000000147. The fourth-order valence-corrected chi connectivity index (χ4v) is 12.4. The van der Waals surface area contributed by atoms with Gasteiger partial charge in [-0.05, 0) is 71.5 Å². The summed E-state index contributed by atoms with van der Waals surface area (Å²) in [7, 11) is 5.72. The van der Waals surface area contributed by atoms with Crippen molar-refractivity contribution in [1.82, 2.24) is 39.9 Å². The van der Waals surface area contributed by atoms with Gasteiger partial charge in [0.2, 0.25) is 0 Å². The second kappa shape index (κ2) is 37.8. The van der Waals surface area contributed by atoms with E-state index in [-0.39, 0.29) is 51.2 Å². The third kappa shape index (κ3) is 18.0. The molecule has 0 saturated heterocycles. The van der Waals surface area contributed by atoms with Crippen LogP contribution < -0.4 is 44.7 Å². The second-order valence-electron chi connectivity index (χ2n) is 24.5. The minimum atomic E-state index is 0. The van der Waals surface area contributed by atoms with Crippen LogP contribution in [0.2, 0.25) is 0 Å². The zero-order valence-electron chi connectivity index (χ0n) is 59.1. The van der Waals surface area contributed by atoms with Crippen molar-refractivity contribution in [2.75, 3.05) is 39.2 Å². The van der Waals surface area contributed by atoms with Gasteiger partial charge in [-0.25, -0.2) is 39.9 Å². The van der Waals surface area contributed by atoms with Crippen molar-refractivity contribution in [3.8, 4) is 11.1 Å². The predicted molar refractivity (Wildman–Crippen MR) is 430 cm³/mol. The summed E-state index contributed by atoms with van der Waals surface area (Å²) < 4.78 is 0.998. The predicted octanol–water partition coefficient (Wildman–Crippen LogP) is 18.2. The summed E-state index contributed by atoms with van der Waals surface area (Å²) in [4.78, 5) is 52.2. The smallest absolute Gasteiger partial charge is 0.145 e. The molecule has 8 heterocycles. The van der Waals surface area contributed by atoms with Gasteiger partial charge in [0.05, 0.1) is 0 Å². The van der Waals surface area contributed by atoms with Crippen molar-refractivity contribution in [3.05, 3.63) is 371 Å². The first-order valence-corrected chi connectivity index (χ1v) is 34.7. The van der Waals surface area contributed by atoms with Gasteiger partial charge in [-0.3, -0.25) is 0 Å². The number of para-hydroxylation sites is 6. The molecule has 18 rings (SSSR count). The van der Waals surface area contributed by atoms with Crippen molar-refractivity contribution < 1.29 is 51.2 Å². The van der Waals surface area contributed by atoms with Gasteiger partial charge >= 0.3 is 0 Å². The molecule has 0 amide bonds. The maximum Gasteiger partial charge on any atom is 0.145 e. The zero-order chi connectivity index (χ0) is 71.1. The molecule has 0 atom stereocenters. The standard InChI is InChI=1S/C26H22N4.C17H11BrN4.2C17H12N4.C9H11B.2Ir.2H2O/c1-19(2)23-13-6-7-14-24(23)20-9-8-12-22(17-20)30-18-29(21-10-4-3-5-11-21)25-26(30)28-16-15-27-25;18-13-5-4-8-15(11-13)22-12-21(14-6-2-1-3-7-14)16-17(22)20-10-9-19-16;2*1-3-7-14(8-4-1)20-13-21(15-9-5-2-6-10-15)17-16(20)18-11-12-19-17;1-7(2)8-5-3-4-6-9(8)10;;;;/h3-11,13-19H,1-2H3;1-7,9-12H;2*1-9,11-13H;3-7H,1-2H3;;;2*1H2/q4*-2;;;;;. The van der Waals surface area contributed by atoms with E-state index in [0.29, 0.717) is 11.8 Å². The molecule has 0 unspecified atom stereocenters. The van der Waals surface area contributed by atoms with Gasteiger partial charge in [-0.15, -0.1) is 67.1 Å². The molecule has 0 spiro atoms. The normalized spacial score (nSPS) is 12.5. The van der Waals surface area contributed by atoms with Gasteiger partial charge in [-0.1, -0.05) is 180 Å². The van der Waals surface area contributed by atoms with E-state index in [4.69, 9.17) is 7.85 Å². The van der Waals surface area contributed by atoms with Crippen LogP contribution in [0.3, 0.4) is 0 Å². The summed E-state index contributed by atoms with van der Waals surface area (Å²) in [6.07, 6.45) is 13.7. The van der Waals surface area contributed by atoms with Crippen molar-refractivity contribution in [2.45, 2.75) is 39.5 Å². The van der Waals surface area contributed by atoms with Gasteiger partial charge < -0.3 is 50.2 Å². The van der Waals surface area contributed by atoms with Crippen LogP contribution >= 0.6 is 15.9 Å². The van der Waals surface area contributed by atoms with Crippen LogP contribution in [-0.2, 0) is 40.2 Å². The number of halogens is 1. The second-order valence-corrected chi connectivity index (χ2v) is 25.4. The molecule has 4 aromatic heterocycles. The van der Waals surface area contributed by atoms with Crippen LogP contribution in [0, 0.1) is 50.9 Å². The average molecular weight is 1840 g/mol. The third-order valence-corrected chi connectivity index (χ3v) is 17.5. The Morgan fingerprint density at radius 2 is 0.593 bits per heavy atom. The molecule has 108 heavy (non-hydrogen) atoms. The average Bonchev–Trinajstić information content (AvgIpc) is 1.64. The van der Waals surface area contributed by atoms with E-state index < -0.39 is 0 Å². The van der Waals surface area contributed by atoms with E-state index in [1.807, 2.05) is 256 Å². The van der Waals surface area contributed by atoms with Gasteiger partial charge in [0, 0.05) is 113 Å².